The molecule has 0 saturated carbocycles. The molecule has 0 unspecified atom stereocenters. The number of benzene rings is 2. The topological polar surface area (TPSA) is 73.1 Å². The average molecular weight is 257 g/mol. The normalized spacial score (nSPS) is 11.6. The Kier molecular flexibility index (Phi) is 3.42. The van der Waals surface area contributed by atoms with Crippen molar-refractivity contribution < 1.29 is 15.4 Å². The van der Waals surface area contributed by atoms with Crippen LogP contribution >= 0.6 is 0 Å². The minimum absolute atomic E-state index is 0.0644. The van der Waals surface area contributed by atoms with E-state index in [1.54, 1.807) is 37.3 Å². The Hall–Kier alpha value is -2.49. The molecule has 3 N–H and O–H groups in total. The summed E-state index contributed by atoms with van der Waals surface area (Å²) in [6.45, 7) is 3.43. The van der Waals surface area contributed by atoms with Crippen molar-refractivity contribution in [2.45, 2.75) is 13.8 Å². The number of rotatable bonds is 2. The lowest BCUT2D eigenvalue weighted by Crippen LogP contribution is -1.95. The summed E-state index contributed by atoms with van der Waals surface area (Å²) < 4.78 is 0. The molecule has 0 atom stereocenters. The molecule has 0 heterocycles. The maximum Gasteiger partial charge on any atom is 0.124 e. The van der Waals surface area contributed by atoms with Gasteiger partial charge < -0.3 is 15.4 Å². The second-order valence-corrected chi connectivity index (χ2v) is 4.42. The van der Waals surface area contributed by atoms with Gasteiger partial charge in [-0.2, -0.15) is 0 Å². The van der Waals surface area contributed by atoms with E-state index >= 15 is 0 Å². The van der Waals surface area contributed by atoms with Crippen LogP contribution in [0.25, 0.3) is 11.1 Å². The zero-order chi connectivity index (χ0) is 14.0. The number of oxime groups is 1. The maximum atomic E-state index is 9.75. The molecule has 2 rings (SSSR count). The minimum Gasteiger partial charge on any atom is -0.508 e. The molecule has 0 aromatic heterocycles. The third-order valence-corrected chi connectivity index (χ3v) is 3.07. The fraction of sp³-hybridized carbons (Fsp3) is 0.133. The van der Waals surface area contributed by atoms with Crippen LogP contribution in [0.2, 0.25) is 0 Å². The van der Waals surface area contributed by atoms with E-state index in [0.29, 0.717) is 11.3 Å². The lowest BCUT2D eigenvalue weighted by Gasteiger charge is -2.08. The van der Waals surface area contributed by atoms with Crippen LogP contribution in [0.5, 0.6) is 11.5 Å². The molecule has 4 nitrogen and oxygen atoms in total. The van der Waals surface area contributed by atoms with Gasteiger partial charge in [-0.3, -0.25) is 0 Å². The van der Waals surface area contributed by atoms with E-state index in [-0.39, 0.29) is 11.5 Å². The molecule has 0 amide bonds. The number of hydrogen-bond acceptors (Lipinski definition) is 4. The number of aryl methyl sites for hydroxylation is 1. The van der Waals surface area contributed by atoms with Crippen LogP contribution in [0.1, 0.15) is 18.1 Å². The van der Waals surface area contributed by atoms with Crippen molar-refractivity contribution in [2.24, 2.45) is 5.16 Å². The van der Waals surface area contributed by atoms with Crippen LogP contribution < -0.4 is 0 Å². The Bertz CT molecular complexity index is 648. The first-order valence-corrected chi connectivity index (χ1v) is 5.85. The van der Waals surface area contributed by atoms with E-state index in [9.17, 15) is 10.2 Å². The minimum atomic E-state index is 0.0644. The standard InChI is InChI=1S/C15H15NO3/c1-9-7-11(3-5-14(9)17)12-4-6-15(18)13(8-12)10(2)16-19/h3-8,17-19H,1-2H3/b16-10+. The first kappa shape index (κ1) is 13.0. The van der Waals surface area contributed by atoms with Crippen LogP contribution in [0.3, 0.4) is 0 Å². The number of nitrogens with zero attached hydrogens (tertiary/aromatic N) is 1. The second-order valence-electron chi connectivity index (χ2n) is 4.42. The molecule has 2 aromatic carbocycles. The van der Waals surface area contributed by atoms with Gasteiger partial charge >= 0.3 is 0 Å². The summed E-state index contributed by atoms with van der Waals surface area (Å²) in [4.78, 5) is 0. The molecule has 0 aliphatic carbocycles. The third kappa shape index (κ3) is 2.52. The Balaban J connectivity index is 2.54. The monoisotopic (exact) mass is 257 g/mol. The Morgan fingerprint density at radius 1 is 0.947 bits per heavy atom. The summed E-state index contributed by atoms with van der Waals surface area (Å²) in [5.74, 6) is 0.311. The molecular formula is C15H15NO3. The molecule has 19 heavy (non-hydrogen) atoms. The maximum absolute atomic E-state index is 9.75. The lowest BCUT2D eigenvalue weighted by atomic mass is 9.99. The predicted molar refractivity (Wildman–Crippen MR) is 73.9 cm³/mol. The van der Waals surface area contributed by atoms with Gasteiger partial charge in [0.1, 0.15) is 11.5 Å². The zero-order valence-corrected chi connectivity index (χ0v) is 10.8. The summed E-state index contributed by atoms with van der Waals surface area (Å²) in [5.41, 5.74) is 3.39. The molecule has 0 saturated heterocycles. The van der Waals surface area contributed by atoms with E-state index in [2.05, 4.69) is 5.16 Å². The smallest absolute Gasteiger partial charge is 0.124 e. The molecule has 0 bridgehead atoms. The zero-order valence-electron chi connectivity index (χ0n) is 10.8. The summed E-state index contributed by atoms with van der Waals surface area (Å²) >= 11 is 0. The van der Waals surface area contributed by atoms with Gasteiger partial charge in [0, 0.05) is 5.56 Å². The number of phenols is 2. The van der Waals surface area contributed by atoms with Gasteiger partial charge in [0.2, 0.25) is 0 Å². The SMILES string of the molecule is C/C(=N\O)c1cc(-c2ccc(O)c(C)c2)ccc1O. The molecule has 98 valence electrons. The van der Waals surface area contributed by atoms with Crippen molar-refractivity contribution in [3.05, 3.63) is 47.5 Å². The fourth-order valence-corrected chi connectivity index (χ4v) is 1.89. The molecular weight excluding hydrogens is 242 g/mol. The van der Waals surface area contributed by atoms with Crippen LogP contribution in [0, 0.1) is 6.92 Å². The molecule has 4 heteroatoms. The van der Waals surface area contributed by atoms with Crippen molar-refractivity contribution in [1.82, 2.24) is 0 Å². The van der Waals surface area contributed by atoms with Gasteiger partial charge in [-0.1, -0.05) is 17.3 Å². The highest BCUT2D eigenvalue weighted by atomic mass is 16.4. The van der Waals surface area contributed by atoms with E-state index in [1.807, 2.05) is 13.0 Å². The van der Waals surface area contributed by atoms with Crippen molar-refractivity contribution in [2.75, 3.05) is 0 Å². The summed E-state index contributed by atoms with van der Waals surface area (Å²) in [6, 6.07) is 10.4. The van der Waals surface area contributed by atoms with E-state index in [4.69, 9.17) is 5.21 Å². The largest absolute Gasteiger partial charge is 0.508 e. The Labute approximate surface area is 111 Å². The molecule has 0 aliphatic heterocycles. The fourth-order valence-electron chi connectivity index (χ4n) is 1.89. The Morgan fingerprint density at radius 2 is 1.53 bits per heavy atom. The quantitative estimate of drug-likeness (QED) is 0.439. The van der Waals surface area contributed by atoms with E-state index in [0.717, 1.165) is 16.7 Å². The van der Waals surface area contributed by atoms with Gasteiger partial charge in [0.05, 0.1) is 5.71 Å². The highest BCUT2D eigenvalue weighted by molar-refractivity contribution is 6.01. The second kappa shape index (κ2) is 5.02. The van der Waals surface area contributed by atoms with Gasteiger partial charge in [-0.25, -0.2) is 0 Å². The highest BCUT2D eigenvalue weighted by Crippen LogP contribution is 2.29. The summed E-state index contributed by atoms with van der Waals surface area (Å²) in [6.07, 6.45) is 0. The van der Waals surface area contributed by atoms with Crippen molar-refractivity contribution in [1.29, 1.82) is 0 Å². The van der Waals surface area contributed by atoms with Crippen LogP contribution in [0.4, 0.5) is 0 Å². The molecule has 2 aromatic rings. The van der Waals surface area contributed by atoms with Crippen LogP contribution in [0.15, 0.2) is 41.6 Å². The third-order valence-electron chi connectivity index (χ3n) is 3.07. The van der Waals surface area contributed by atoms with Crippen molar-refractivity contribution in [3.63, 3.8) is 0 Å². The number of aromatic hydroxyl groups is 2. The highest BCUT2D eigenvalue weighted by Gasteiger charge is 2.08. The first-order valence-electron chi connectivity index (χ1n) is 5.85. The van der Waals surface area contributed by atoms with Crippen molar-refractivity contribution in [3.8, 4) is 22.6 Å². The van der Waals surface area contributed by atoms with Crippen molar-refractivity contribution >= 4 is 5.71 Å². The van der Waals surface area contributed by atoms with Gasteiger partial charge in [0.15, 0.2) is 0 Å². The number of phenolic OH excluding ortho intramolecular Hbond substituents is 2. The molecule has 0 radical (unpaired) electrons. The molecule has 0 spiro atoms. The van der Waals surface area contributed by atoms with Gasteiger partial charge in [-0.15, -0.1) is 0 Å². The number of hydrogen-bond donors (Lipinski definition) is 3. The lowest BCUT2D eigenvalue weighted by molar-refractivity contribution is 0.318. The average Bonchev–Trinajstić information content (AvgIpc) is 2.41. The van der Waals surface area contributed by atoms with Gasteiger partial charge in [0.25, 0.3) is 0 Å². The summed E-state index contributed by atoms with van der Waals surface area (Å²) in [5, 5.41) is 31.2. The first-order chi connectivity index (χ1) is 9.02. The molecule has 0 aliphatic rings. The van der Waals surface area contributed by atoms with E-state index in [1.165, 1.54) is 0 Å². The molecule has 0 fully saturated rings. The van der Waals surface area contributed by atoms with E-state index < -0.39 is 0 Å². The van der Waals surface area contributed by atoms with Gasteiger partial charge in [-0.05, 0) is 54.8 Å². The predicted octanol–water partition coefficient (Wildman–Crippen LogP) is 3.27. The van der Waals surface area contributed by atoms with Crippen LogP contribution in [-0.2, 0) is 0 Å². The Morgan fingerprint density at radius 3 is 2.11 bits per heavy atom. The summed E-state index contributed by atoms with van der Waals surface area (Å²) in [7, 11) is 0. The van der Waals surface area contributed by atoms with Crippen LogP contribution in [-0.4, -0.2) is 21.1 Å².